The fourth-order valence-electron chi connectivity index (χ4n) is 3.20. The first-order valence-corrected chi connectivity index (χ1v) is 7.57. The Morgan fingerprint density at radius 1 is 1.30 bits per heavy atom. The molecule has 0 saturated heterocycles. The Morgan fingerprint density at radius 3 is 3.00 bits per heavy atom. The van der Waals surface area contributed by atoms with Crippen LogP contribution in [-0.2, 0) is 19.4 Å². The van der Waals surface area contributed by atoms with Gasteiger partial charge in [0.15, 0.2) is 0 Å². The molecule has 1 fully saturated rings. The molecule has 2 aliphatic rings. The first-order chi connectivity index (χ1) is 9.85. The molecule has 0 amide bonds. The number of aryl methyl sites for hydroxylation is 1. The molecule has 0 radical (unpaired) electrons. The van der Waals surface area contributed by atoms with E-state index in [1.165, 1.54) is 47.9 Å². The summed E-state index contributed by atoms with van der Waals surface area (Å²) in [5, 5.41) is 4.93. The third-order valence-corrected chi connectivity index (χ3v) is 4.48. The number of benzene rings is 1. The summed E-state index contributed by atoms with van der Waals surface area (Å²) in [6.45, 7) is 0.971. The fourth-order valence-corrected chi connectivity index (χ4v) is 3.20. The summed E-state index contributed by atoms with van der Waals surface area (Å²) in [6, 6.07) is 6.98. The van der Waals surface area contributed by atoms with Gasteiger partial charge in [0.05, 0.1) is 12.6 Å². The number of aromatic nitrogens is 1. The quantitative estimate of drug-likeness (QED) is 0.925. The van der Waals surface area contributed by atoms with E-state index in [2.05, 4.69) is 17.4 Å². The maximum absolute atomic E-state index is 5.39. The van der Waals surface area contributed by atoms with Crippen molar-refractivity contribution < 1.29 is 4.74 Å². The molecule has 0 atom stereocenters. The van der Waals surface area contributed by atoms with Crippen molar-refractivity contribution in [3.8, 4) is 5.75 Å². The van der Waals surface area contributed by atoms with Gasteiger partial charge in [-0.3, -0.25) is 4.98 Å². The van der Waals surface area contributed by atoms with Crippen LogP contribution in [0.25, 0.3) is 10.9 Å². The molecule has 0 aliphatic heterocycles. The molecule has 1 N–H and O–H groups in total. The van der Waals surface area contributed by atoms with Crippen LogP contribution < -0.4 is 10.1 Å². The van der Waals surface area contributed by atoms with Gasteiger partial charge in [0, 0.05) is 23.7 Å². The van der Waals surface area contributed by atoms with Crippen LogP contribution in [0.3, 0.4) is 0 Å². The monoisotopic (exact) mass is 268 g/mol. The highest BCUT2D eigenvalue weighted by Crippen LogP contribution is 2.32. The number of hydrogen-bond acceptors (Lipinski definition) is 3. The van der Waals surface area contributed by atoms with Crippen LogP contribution in [0.1, 0.15) is 36.1 Å². The van der Waals surface area contributed by atoms with E-state index in [1.54, 1.807) is 7.11 Å². The van der Waals surface area contributed by atoms with Crippen LogP contribution in [0.15, 0.2) is 18.2 Å². The van der Waals surface area contributed by atoms with E-state index in [0.29, 0.717) is 0 Å². The van der Waals surface area contributed by atoms with E-state index < -0.39 is 0 Å². The van der Waals surface area contributed by atoms with Gasteiger partial charge >= 0.3 is 0 Å². The number of methoxy groups -OCH3 is 1. The molecule has 3 nitrogen and oxygen atoms in total. The zero-order chi connectivity index (χ0) is 13.5. The van der Waals surface area contributed by atoms with Crippen LogP contribution >= 0.6 is 0 Å². The summed E-state index contributed by atoms with van der Waals surface area (Å²) in [7, 11) is 1.73. The van der Waals surface area contributed by atoms with Crippen LogP contribution in [-0.4, -0.2) is 18.1 Å². The van der Waals surface area contributed by atoms with Crippen molar-refractivity contribution in [1.82, 2.24) is 10.3 Å². The van der Waals surface area contributed by atoms with Crippen LogP contribution in [0.4, 0.5) is 0 Å². The van der Waals surface area contributed by atoms with Crippen molar-refractivity contribution >= 4 is 10.9 Å². The number of ether oxygens (including phenoxy) is 1. The van der Waals surface area contributed by atoms with Crippen LogP contribution in [0, 0.1) is 0 Å². The SMILES string of the molecule is COc1ccc2nc3c(c(CNC4CC4)c2c1)CCC3. The van der Waals surface area contributed by atoms with E-state index in [0.717, 1.165) is 30.3 Å². The van der Waals surface area contributed by atoms with Crippen molar-refractivity contribution in [3.63, 3.8) is 0 Å². The lowest BCUT2D eigenvalue weighted by Crippen LogP contribution is -2.17. The highest BCUT2D eigenvalue weighted by Gasteiger charge is 2.23. The molecule has 3 heteroatoms. The molecule has 1 aromatic heterocycles. The fraction of sp³-hybridized carbons (Fsp3) is 0.471. The third-order valence-electron chi connectivity index (χ3n) is 4.48. The summed E-state index contributed by atoms with van der Waals surface area (Å²) in [5.41, 5.74) is 5.36. The highest BCUT2D eigenvalue weighted by molar-refractivity contribution is 5.85. The second-order valence-electron chi connectivity index (χ2n) is 5.91. The molecule has 1 heterocycles. The minimum atomic E-state index is 0.737. The second kappa shape index (κ2) is 4.74. The van der Waals surface area contributed by atoms with Crippen molar-refractivity contribution in [2.75, 3.05) is 7.11 Å². The standard InChI is InChI=1S/C17H20N2O/c1-20-12-7-8-17-14(9-12)15(10-18-11-5-6-11)13-3-2-4-16(13)19-17/h7-9,11,18H,2-6,10H2,1H3. The smallest absolute Gasteiger partial charge is 0.119 e. The lowest BCUT2D eigenvalue weighted by Gasteiger charge is -2.14. The molecule has 0 bridgehead atoms. The maximum Gasteiger partial charge on any atom is 0.119 e. The molecule has 1 aromatic carbocycles. The minimum Gasteiger partial charge on any atom is -0.497 e. The normalized spacial score (nSPS) is 17.4. The molecule has 2 aromatic rings. The summed E-state index contributed by atoms with van der Waals surface area (Å²) >= 11 is 0. The summed E-state index contributed by atoms with van der Waals surface area (Å²) < 4.78 is 5.39. The van der Waals surface area contributed by atoms with E-state index in [-0.39, 0.29) is 0 Å². The summed E-state index contributed by atoms with van der Waals surface area (Å²) in [6.07, 6.45) is 6.21. The van der Waals surface area contributed by atoms with Gasteiger partial charge in [0.2, 0.25) is 0 Å². The van der Waals surface area contributed by atoms with Gasteiger partial charge in [-0.2, -0.15) is 0 Å². The predicted molar refractivity (Wildman–Crippen MR) is 80.2 cm³/mol. The topological polar surface area (TPSA) is 34.1 Å². The lowest BCUT2D eigenvalue weighted by molar-refractivity contribution is 0.415. The predicted octanol–water partition coefficient (Wildman–Crippen LogP) is 2.98. The molecular weight excluding hydrogens is 248 g/mol. The van der Waals surface area contributed by atoms with E-state index in [4.69, 9.17) is 9.72 Å². The first-order valence-electron chi connectivity index (χ1n) is 7.57. The molecule has 104 valence electrons. The molecule has 0 spiro atoms. The van der Waals surface area contributed by atoms with Gasteiger partial charge in [-0.1, -0.05) is 0 Å². The second-order valence-corrected chi connectivity index (χ2v) is 5.91. The molecule has 1 saturated carbocycles. The molecule has 20 heavy (non-hydrogen) atoms. The van der Waals surface area contributed by atoms with E-state index in [1.807, 2.05) is 6.07 Å². The largest absolute Gasteiger partial charge is 0.497 e. The maximum atomic E-state index is 5.39. The number of rotatable bonds is 4. The Morgan fingerprint density at radius 2 is 2.20 bits per heavy atom. The summed E-state index contributed by atoms with van der Waals surface area (Å²) in [5.74, 6) is 0.921. The Labute approximate surface area is 119 Å². The number of pyridine rings is 1. The molecule has 4 rings (SSSR count). The van der Waals surface area contributed by atoms with Crippen molar-refractivity contribution in [3.05, 3.63) is 35.0 Å². The zero-order valence-corrected chi connectivity index (χ0v) is 11.9. The number of nitrogens with one attached hydrogen (secondary N) is 1. The van der Waals surface area contributed by atoms with Crippen LogP contribution in [0.5, 0.6) is 5.75 Å². The average molecular weight is 268 g/mol. The molecular formula is C17H20N2O. The highest BCUT2D eigenvalue weighted by atomic mass is 16.5. The van der Waals surface area contributed by atoms with Gasteiger partial charge in [0.25, 0.3) is 0 Å². The average Bonchev–Trinajstić information content (AvgIpc) is 3.19. The van der Waals surface area contributed by atoms with Crippen molar-refractivity contribution in [1.29, 1.82) is 0 Å². The third kappa shape index (κ3) is 2.06. The Balaban J connectivity index is 1.85. The number of nitrogens with zero attached hydrogens (tertiary/aromatic N) is 1. The Bertz CT molecular complexity index is 662. The summed E-state index contributed by atoms with van der Waals surface area (Å²) in [4.78, 5) is 4.85. The van der Waals surface area contributed by atoms with E-state index in [9.17, 15) is 0 Å². The number of hydrogen-bond donors (Lipinski definition) is 1. The van der Waals surface area contributed by atoms with Gasteiger partial charge in [-0.15, -0.1) is 0 Å². The van der Waals surface area contributed by atoms with Gasteiger partial charge in [-0.25, -0.2) is 0 Å². The van der Waals surface area contributed by atoms with Gasteiger partial charge in [0.1, 0.15) is 5.75 Å². The van der Waals surface area contributed by atoms with Crippen molar-refractivity contribution in [2.45, 2.75) is 44.7 Å². The zero-order valence-electron chi connectivity index (χ0n) is 11.9. The Kier molecular flexibility index (Phi) is 2.88. The minimum absolute atomic E-state index is 0.737. The van der Waals surface area contributed by atoms with Crippen LogP contribution in [0.2, 0.25) is 0 Å². The first kappa shape index (κ1) is 12.2. The Hall–Kier alpha value is -1.61. The lowest BCUT2D eigenvalue weighted by atomic mass is 10.0. The molecule has 2 aliphatic carbocycles. The van der Waals surface area contributed by atoms with E-state index >= 15 is 0 Å². The number of fused-ring (bicyclic) bond motifs is 2. The van der Waals surface area contributed by atoms with Gasteiger partial charge < -0.3 is 10.1 Å². The van der Waals surface area contributed by atoms with Crippen molar-refractivity contribution in [2.24, 2.45) is 0 Å². The van der Waals surface area contributed by atoms with Gasteiger partial charge in [-0.05, 0) is 61.4 Å². The molecule has 0 unspecified atom stereocenters.